The molecule has 0 aliphatic rings. The lowest BCUT2D eigenvalue weighted by molar-refractivity contribution is 0.310. The van der Waals surface area contributed by atoms with E-state index in [0.717, 1.165) is 31.7 Å². The van der Waals surface area contributed by atoms with Crippen molar-refractivity contribution < 1.29 is 4.74 Å². The summed E-state index contributed by atoms with van der Waals surface area (Å²) in [6.45, 7) is 1.74. The van der Waals surface area contributed by atoms with Crippen molar-refractivity contribution in [2.24, 2.45) is 0 Å². The first kappa shape index (κ1) is 13.6. The second-order valence-corrected chi connectivity index (χ2v) is 4.49. The Morgan fingerprint density at radius 2 is 1.95 bits per heavy atom. The van der Waals surface area contributed by atoms with E-state index in [1.54, 1.807) is 6.20 Å². The largest absolute Gasteiger partial charge is 0.494 e. The Labute approximate surface area is 114 Å². The second kappa shape index (κ2) is 7.54. The zero-order valence-electron chi connectivity index (χ0n) is 11.3. The van der Waals surface area contributed by atoms with E-state index in [9.17, 15) is 0 Å². The monoisotopic (exact) mass is 256 g/mol. The maximum Gasteiger partial charge on any atom is 0.119 e. The van der Waals surface area contributed by atoms with Gasteiger partial charge in [0.05, 0.1) is 6.61 Å². The van der Waals surface area contributed by atoms with Gasteiger partial charge in [-0.15, -0.1) is 0 Å². The number of nitrogens with one attached hydrogen (secondary N) is 1. The molecule has 0 radical (unpaired) electrons. The first-order valence-electron chi connectivity index (χ1n) is 6.64. The van der Waals surface area contributed by atoms with E-state index in [1.165, 1.54) is 11.1 Å². The summed E-state index contributed by atoms with van der Waals surface area (Å²) in [5.74, 6) is 0.936. The summed E-state index contributed by atoms with van der Waals surface area (Å²) in [5.41, 5.74) is 2.50. The third kappa shape index (κ3) is 4.72. The highest BCUT2D eigenvalue weighted by Gasteiger charge is 1.98. The van der Waals surface area contributed by atoms with Crippen molar-refractivity contribution in [3.05, 3.63) is 59.9 Å². The molecule has 19 heavy (non-hydrogen) atoms. The average molecular weight is 256 g/mol. The zero-order chi connectivity index (χ0) is 13.3. The molecule has 0 bridgehead atoms. The molecule has 0 spiro atoms. The summed E-state index contributed by atoms with van der Waals surface area (Å²) >= 11 is 0. The average Bonchev–Trinajstić information content (AvgIpc) is 2.46. The third-order valence-electron chi connectivity index (χ3n) is 2.89. The lowest BCUT2D eigenvalue weighted by Crippen LogP contribution is -2.11. The van der Waals surface area contributed by atoms with Crippen LogP contribution in [0.1, 0.15) is 17.5 Å². The molecule has 0 unspecified atom stereocenters. The fourth-order valence-corrected chi connectivity index (χ4v) is 1.88. The molecule has 3 nitrogen and oxygen atoms in total. The molecule has 1 heterocycles. The van der Waals surface area contributed by atoms with E-state index < -0.39 is 0 Å². The van der Waals surface area contributed by atoms with Crippen LogP contribution in [0.2, 0.25) is 0 Å². The number of aromatic nitrogens is 1. The van der Waals surface area contributed by atoms with Crippen molar-refractivity contribution in [1.29, 1.82) is 0 Å². The molecule has 0 atom stereocenters. The lowest BCUT2D eigenvalue weighted by atomic mass is 10.1. The number of benzene rings is 1. The number of rotatable bonds is 7. The number of pyridine rings is 1. The van der Waals surface area contributed by atoms with Crippen LogP contribution in [0.25, 0.3) is 0 Å². The van der Waals surface area contributed by atoms with Crippen LogP contribution in [-0.4, -0.2) is 25.2 Å². The predicted molar refractivity (Wildman–Crippen MR) is 77.5 cm³/mol. The molecular weight excluding hydrogens is 236 g/mol. The van der Waals surface area contributed by atoms with Crippen molar-refractivity contribution in [1.82, 2.24) is 10.3 Å². The van der Waals surface area contributed by atoms with Gasteiger partial charge in [0.1, 0.15) is 5.75 Å². The molecule has 0 saturated carbocycles. The Morgan fingerprint density at radius 3 is 2.63 bits per heavy atom. The van der Waals surface area contributed by atoms with Crippen molar-refractivity contribution in [3.8, 4) is 5.75 Å². The molecule has 2 rings (SSSR count). The predicted octanol–water partition coefficient (Wildman–Crippen LogP) is 2.66. The van der Waals surface area contributed by atoms with Gasteiger partial charge in [0.2, 0.25) is 0 Å². The minimum Gasteiger partial charge on any atom is -0.494 e. The normalized spacial score (nSPS) is 10.4. The van der Waals surface area contributed by atoms with Crippen molar-refractivity contribution in [2.75, 3.05) is 20.2 Å². The van der Waals surface area contributed by atoms with Gasteiger partial charge in [-0.2, -0.15) is 0 Å². The van der Waals surface area contributed by atoms with E-state index in [1.807, 2.05) is 31.4 Å². The third-order valence-corrected chi connectivity index (χ3v) is 2.89. The van der Waals surface area contributed by atoms with E-state index in [-0.39, 0.29) is 0 Å². The standard InChI is InChI=1S/C16H20N2O/c1-17-9-3-11-19-16-7-5-14(6-8-16)12-15-4-2-10-18-13-15/h2,4-8,10,13,17H,3,9,11-12H2,1H3. The van der Waals surface area contributed by atoms with Gasteiger partial charge in [-0.05, 0) is 55.8 Å². The minimum atomic E-state index is 0.753. The summed E-state index contributed by atoms with van der Waals surface area (Å²) in [6, 6.07) is 12.3. The molecule has 2 aromatic rings. The molecule has 100 valence electrons. The molecular formula is C16H20N2O. The first-order valence-corrected chi connectivity index (χ1v) is 6.64. The molecule has 0 amide bonds. The number of hydrogen-bond acceptors (Lipinski definition) is 3. The summed E-state index contributed by atoms with van der Waals surface area (Å²) < 4.78 is 5.66. The quantitative estimate of drug-likeness (QED) is 0.773. The Bertz CT molecular complexity index is 468. The fourth-order valence-electron chi connectivity index (χ4n) is 1.88. The van der Waals surface area contributed by atoms with E-state index in [0.29, 0.717) is 0 Å². The topological polar surface area (TPSA) is 34.1 Å². The Morgan fingerprint density at radius 1 is 1.11 bits per heavy atom. The van der Waals surface area contributed by atoms with Crippen LogP contribution in [0.4, 0.5) is 0 Å². The summed E-state index contributed by atoms with van der Waals surface area (Å²) in [7, 11) is 1.95. The Balaban J connectivity index is 1.84. The summed E-state index contributed by atoms with van der Waals surface area (Å²) in [4.78, 5) is 4.13. The van der Waals surface area contributed by atoms with Gasteiger partial charge in [-0.1, -0.05) is 18.2 Å². The fraction of sp³-hybridized carbons (Fsp3) is 0.312. The maximum atomic E-state index is 5.66. The second-order valence-electron chi connectivity index (χ2n) is 4.49. The summed E-state index contributed by atoms with van der Waals surface area (Å²) in [6.07, 6.45) is 5.63. The van der Waals surface area contributed by atoms with E-state index in [2.05, 4.69) is 28.5 Å². The highest BCUT2D eigenvalue weighted by Crippen LogP contribution is 2.15. The molecule has 1 N–H and O–H groups in total. The zero-order valence-corrected chi connectivity index (χ0v) is 11.3. The molecule has 3 heteroatoms. The SMILES string of the molecule is CNCCCOc1ccc(Cc2cccnc2)cc1. The van der Waals surface area contributed by atoms with Gasteiger partial charge < -0.3 is 10.1 Å². The molecule has 0 fully saturated rings. The van der Waals surface area contributed by atoms with Crippen LogP contribution in [0.3, 0.4) is 0 Å². The molecule has 1 aromatic heterocycles. The van der Waals surface area contributed by atoms with Crippen LogP contribution in [0.15, 0.2) is 48.8 Å². The molecule has 0 aliphatic carbocycles. The Hall–Kier alpha value is -1.87. The Kier molecular flexibility index (Phi) is 5.38. The van der Waals surface area contributed by atoms with E-state index in [4.69, 9.17) is 4.74 Å². The number of ether oxygens (including phenoxy) is 1. The van der Waals surface area contributed by atoms with Crippen LogP contribution in [0.5, 0.6) is 5.75 Å². The van der Waals surface area contributed by atoms with Crippen molar-refractivity contribution in [2.45, 2.75) is 12.8 Å². The highest BCUT2D eigenvalue weighted by molar-refractivity contribution is 5.30. The van der Waals surface area contributed by atoms with Gasteiger partial charge in [-0.3, -0.25) is 4.98 Å². The maximum absolute atomic E-state index is 5.66. The smallest absolute Gasteiger partial charge is 0.119 e. The first-order chi connectivity index (χ1) is 9.38. The molecule has 0 aliphatic heterocycles. The van der Waals surface area contributed by atoms with Gasteiger partial charge in [0.15, 0.2) is 0 Å². The van der Waals surface area contributed by atoms with Crippen LogP contribution >= 0.6 is 0 Å². The highest BCUT2D eigenvalue weighted by atomic mass is 16.5. The number of hydrogen-bond donors (Lipinski definition) is 1. The number of nitrogens with zero attached hydrogens (tertiary/aromatic N) is 1. The van der Waals surface area contributed by atoms with Gasteiger partial charge in [0, 0.05) is 12.4 Å². The van der Waals surface area contributed by atoms with Gasteiger partial charge in [0.25, 0.3) is 0 Å². The van der Waals surface area contributed by atoms with Crippen LogP contribution in [-0.2, 0) is 6.42 Å². The van der Waals surface area contributed by atoms with Gasteiger partial charge in [-0.25, -0.2) is 0 Å². The van der Waals surface area contributed by atoms with Crippen molar-refractivity contribution >= 4 is 0 Å². The van der Waals surface area contributed by atoms with Crippen molar-refractivity contribution in [3.63, 3.8) is 0 Å². The van der Waals surface area contributed by atoms with E-state index >= 15 is 0 Å². The molecule has 1 aromatic carbocycles. The lowest BCUT2D eigenvalue weighted by Gasteiger charge is -2.07. The molecule has 0 saturated heterocycles. The summed E-state index contributed by atoms with van der Waals surface area (Å²) in [5, 5.41) is 3.10. The van der Waals surface area contributed by atoms with Crippen LogP contribution < -0.4 is 10.1 Å². The van der Waals surface area contributed by atoms with Gasteiger partial charge >= 0.3 is 0 Å². The van der Waals surface area contributed by atoms with Crippen LogP contribution in [0, 0.1) is 0 Å². The minimum absolute atomic E-state index is 0.753.